The zero-order valence-electron chi connectivity index (χ0n) is 14.2. The molecule has 2 aromatic rings. The quantitative estimate of drug-likeness (QED) is 0.677. The van der Waals surface area contributed by atoms with E-state index in [4.69, 9.17) is 0 Å². The van der Waals surface area contributed by atoms with Crippen LogP contribution < -0.4 is 16.0 Å². The summed E-state index contributed by atoms with van der Waals surface area (Å²) in [5.74, 6) is -1.45. The van der Waals surface area contributed by atoms with Crippen molar-refractivity contribution in [1.29, 1.82) is 0 Å². The number of nitrogens with one attached hydrogen (secondary N) is 1. The molecule has 1 aromatic carbocycles. The van der Waals surface area contributed by atoms with E-state index in [2.05, 4.69) is 10.3 Å². The van der Waals surface area contributed by atoms with Gasteiger partial charge < -0.3 is 15.2 Å². The van der Waals surface area contributed by atoms with Crippen molar-refractivity contribution in [2.24, 2.45) is 0 Å². The first kappa shape index (κ1) is 18.6. The number of carboxylic acids is 1. The summed E-state index contributed by atoms with van der Waals surface area (Å²) in [6.07, 6.45) is 3.78. The highest BCUT2D eigenvalue weighted by atomic mass is 16.4. The molecule has 0 saturated heterocycles. The smallest absolute Gasteiger partial charge is 0.261 e. The lowest BCUT2D eigenvalue weighted by Crippen LogP contribution is -2.38. The van der Waals surface area contributed by atoms with E-state index in [9.17, 15) is 19.5 Å². The third-order valence-corrected chi connectivity index (χ3v) is 4.02. The standard InChI is InChI=1S/C18H23N3O4/c1-2-3-9-15(17(24)19-11-6-10-16(22)23)21-12-20-14-8-5-4-7-13(14)18(21)25/h4-5,7-8,12,15H,2-3,6,9-11H2,1H3,(H,19,24)(H,22,23)/p-1/t15-/m1/s1. The van der Waals surface area contributed by atoms with Gasteiger partial charge in [0.15, 0.2) is 0 Å². The Bertz CT molecular complexity index is 800. The molecule has 0 fully saturated rings. The van der Waals surface area contributed by atoms with Crippen LogP contribution in [0.1, 0.15) is 45.1 Å². The van der Waals surface area contributed by atoms with Crippen LogP contribution in [0.25, 0.3) is 10.9 Å². The Labute approximate surface area is 145 Å². The average molecular weight is 344 g/mol. The third kappa shape index (κ3) is 4.89. The van der Waals surface area contributed by atoms with Crippen LogP contribution in [0.5, 0.6) is 0 Å². The maximum absolute atomic E-state index is 12.7. The summed E-state index contributed by atoms with van der Waals surface area (Å²) in [4.78, 5) is 39.9. The van der Waals surface area contributed by atoms with Gasteiger partial charge in [-0.2, -0.15) is 0 Å². The lowest BCUT2D eigenvalue weighted by Gasteiger charge is -2.19. The van der Waals surface area contributed by atoms with Crippen LogP contribution >= 0.6 is 0 Å². The molecule has 0 aliphatic carbocycles. The van der Waals surface area contributed by atoms with Crippen LogP contribution in [0.2, 0.25) is 0 Å². The largest absolute Gasteiger partial charge is 0.550 e. The first-order valence-corrected chi connectivity index (χ1v) is 8.48. The fourth-order valence-corrected chi connectivity index (χ4v) is 2.66. The summed E-state index contributed by atoms with van der Waals surface area (Å²) in [6, 6.07) is 6.35. The molecule has 0 bridgehead atoms. The molecule has 134 valence electrons. The van der Waals surface area contributed by atoms with Crippen LogP contribution in [0.15, 0.2) is 35.4 Å². The zero-order valence-corrected chi connectivity index (χ0v) is 14.2. The molecule has 1 aromatic heterocycles. The second-order valence-electron chi connectivity index (χ2n) is 5.90. The van der Waals surface area contributed by atoms with E-state index in [0.29, 0.717) is 23.7 Å². The van der Waals surface area contributed by atoms with Gasteiger partial charge in [-0.3, -0.25) is 14.2 Å². The van der Waals surface area contributed by atoms with E-state index in [1.54, 1.807) is 24.3 Å². The molecule has 0 aliphatic rings. The molecule has 1 N–H and O–H groups in total. The molecular weight excluding hydrogens is 322 g/mol. The molecular formula is C18H22N3O4-. The number of hydrogen-bond donors (Lipinski definition) is 1. The van der Waals surface area contributed by atoms with Gasteiger partial charge in [0.2, 0.25) is 5.91 Å². The number of para-hydroxylation sites is 1. The maximum Gasteiger partial charge on any atom is 0.261 e. The monoisotopic (exact) mass is 344 g/mol. The summed E-state index contributed by atoms with van der Waals surface area (Å²) < 4.78 is 1.37. The number of carboxylic acid groups (broad SMARTS) is 1. The first-order valence-electron chi connectivity index (χ1n) is 8.48. The molecule has 2 rings (SSSR count). The van der Waals surface area contributed by atoms with Crippen molar-refractivity contribution in [3.8, 4) is 0 Å². The van der Waals surface area contributed by atoms with Crippen molar-refractivity contribution in [2.75, 3.05) is 6.54 Å². The number of fused-ring (bicyclic) bond motifs is 1. The Hall–Kier alpha value is -2.70. The van der Waals surface area contributed by atoms with Gasteiger partial charge in [0.25, 0.3) is 5.56 Å². The fraction of sp³-hybridized carbons (Fsp3) is 0.444. The number of aromatic nitrogens is 2. The van der Waals surface area contributed by atoms with Crippen LogP contribution in [-0.2, 0) is 9.59 Å². The van der Waals surface area contributed by atoms with Gasteiger partial charge in [-0.05, 0) is 31.4 Å². The van der Waals surface area contributed by atoms with Crippen LogP contribution in [0.4, 0.5) is 0 Å². The molecule has 0 saturated carbocycles. The van der Waals surface area contributed by atoms with Crippen LogP contribution in [0.3, 0.4) is 0 Å². The number of rotatable bonds is 9. The van der Waals surface area contributed by atoms with Crippen molar-refractivity contribution >= 4 is 22.8 Å². The molecule has 0 aliphatic heterocycles. The minimum atomic E-state index is -1.15. The van der Waals surface area contributed by atoms with Gasteiger partial charge >= 0.3 is 0 Å². The molecule has 25 heavy (non-hydrogen) atoms. The van der Waals surface area contributed by atoms with Gasteiger partial charge in [0.05, 0.1) is 17.2 Å². The molecule has 0 radical (unpaired) electrons. The fourth-order valence-electron chi connectivity index (χ4n) is 2.66. The zero-order chi connectivity index (χ0) is 18.2. The number of unbranched alkanes of at least 4 members (excludes halogenated alkanes) is 1. The van der Waals surface area contributed by atoms with Crippen LogP contribution in [-0.4, -0.2) is 28.0 Å². The number of carbonyl (C=O) groups is 2. The van der Waals surface area contributed by atoms with Gasteiger partial charge in [-0.15, -0.1) is 0 Å². The highest BCUT2D eigenvalue weighted by molar-refractivity contribution is 5.81. The lowest BCUT2D eigenvalue weighted by molar-refractivity contribution is -0.305. The maximum atomic E-state index is 12.7. The van der Waals surface area contributed by atoms with E-state index in [-0.39, 0.29) is 24.4 Å². The Kier molecular flexibility index (Phi) is 6.68. The van der Waals surface area contributed by atoms with Crippen molar-refractivity contribution < 1.29 is 14.7 Å². The Morgan fingerprint density at radius 3 is 2.76 bits per heavy atom. The second kappa shape index (κ2) is 8.96. The topological polar surface area (TPSA) is 104 Å². The number of benzene rings is 1. The van der Waals surface area contributed by atoms with E-state index in [1.165, 1.54) is 10.9 Å². The van der Waals surface area contributed by atoms with E-state index in [1.807, 2.05) is 6.92 Å². The second-order valence-corrected chi connectivity index (χ2v) is 5.90. The third-order valence-electron chi connectivity index (χ3n) is 4.02. The number of aliphatic carboxylic acids is 1. The lowest BCUT2D eigenvalue weighted by atomic mass is 10.1. The van der Waals surface area contributed by atoms with E-state index >= 15 is 0 Å². The highest BCUT2D eigenvalue weighted by Gasteiger charge is 2.21. The average Bonchev–Trinajstić information content (AvgIpc) is 2.60. The molecule has 1 heterocycles. The number of hydrogen-bond acceptors (Lipinski definition) is 5. The summed E-state index contributed by atoms with van der Waals surface area (Å²) in [5, 5.41) is 13.6. The SMILES string of the molecule is CCCC[C@H](C(=O)NCCCC(=O)[O-])n1cnc2ccccc2c1=O. The number of amides is 1. The minimum absolute atomic E-state index is 0.114. The summed E-state index contributed by atoms with van der Waals surface area (Å²) >= 11 is 0. The van der Waals surface area contributed by atoms with E-state index < -0.39 is 12.0 Å². The van der Waals surface area contributed by atoms with Crippen molar-refractivity contribution in [3.63, 3.8) is 0 Å². The molecule has 0 spiro atoms. The summed E-state index contributed by atoms with van der Waals surface area (Å²) in [7, 11) is 0. The van der Waals surface area contributed by atoms with Crippen molar-refractivity contribution in [1.82, 2.24) is 14.9 Å². The molecule has 7 heteroatoms. The normalized spacial score (nSPS) is 12.0. The summed E-state index contributed by atoms with van der Waals surface area (Å²) in [6.45, 7) is 2.24. The van der Waals surface area contributed by atoms with E-state index in [0.717, 1.165) is 12.8 Å². The van der Waals surface area contributed by atoms with Crippen molar-refractivity contribution in [3.05, 3.63) is 40.9 Å². The number of carbonyl (C=O) groups excluding carboxylic acids is 2. The minimum Gasteiger partial charge on any atom is -0.550 e. The predicted octanol–water partition coefficient (Wildman–Crippen LogP) is 0.774. The highest BCUT2D eigenvalue weighted by Crippen LogP contribution is 2.15. The Morgan fingerprint density at radius 2 is 2.04 bits per heavy atom. The molecule has 1 amide bonds. The van der Waals surface area contributed by atoms with Gasteiger partial charge in [-0.25, -0.2) is 4.98 Å². The van der Waals surface area contributed by atoms with Gasteiger partial charge in [0, 0.05) is 12.5 Å². The van der Waals surface area contributed by atoms with Crippen molar-refractivity contribution in [2.45, 2.75) is 45.1 Å². The molecule has 0 unspecified atom stereocenters. The summed E-state index contributed by atoms with van der Waals surface area (Å²) in [5.41, 5.74) is 0.337. The Balaban J connectivity index is 2.21. The Morgan fingerprint density at radius 1 is 1.28 bits per heavy atom. The first-order chi connectivity index (χ1) is 12.0. The predicted molar refractivity (Wildman–Crippen MR) is 91.8 cm³/mol. The molecule has 7 nitrogen and oxygen atoms in total. The molecule has 1 atom stereocenters. The van der Waals surface area contributed by atoms with Crippen LogP contribution in [0, 0.1) is 0 Å². The number of nitrogens with zero attached hydrogens (tertiary/aromatic N) is 2. The van der Waals surface area contributed by atoms with Gasteiger partial charge in [-0.1, -0.05) is 31.9 Å². The van der Waals surface area contributed by atoms with Gasteiger partial charge in [0.1, 0.15) is 6.04 Å².